The molecular weight excluding hydrogens is 192 g/mol. The fourth-order valence-electron chi connectivity index (χ4n) is 1.33. The molecule has 0 aliphatic heterocycles. The first-order chi connectivity index (χ1) is 7.26. The third kappa shape index (κ3) is 4.02. The highest BCUT2D eigenvalue weighted by atomic mass is 16.5. The Morgan fingerprint density at radius 2 is 2.27 bits per heavy atom. The summed E-state index contributed by atoms with van der Waals surface area (Å²) in [5, 5.41) is 0. The molecule has 1 rings (SSSR count). The zero-order valence-corrected chi connectivity index (χ0v) is 8.99. The van der Waals surface area contributed by atoms with Crippen LogP contribution in [0, 0.1) is 0 Å². The van der Waals surface area contributed by atoms with Crippen molar-refractivity contribution in [3.63, 3.8) is 0 Å². The minimum Gasteiger partial charge on any atom is -0.496 e. The minimum absolute atomic E-state index is 0.354. The van der Waals surface area contributed by atoms with Gasteiger partial charge in [0.15, 0.2) is 0 Å². The molecule has 15 heavy (non-hydrogen) atoms. The minimum atomic E-state index is -0.354. The van der Waals surface area contributed by atoms with Crippen LogP contribution in [-0.4, -0.2) is 7.11 Å². The number of ether oxygens (including phenoxy) is 1. The van der Waals surface area contributed by atoms with E-state index in [1.165, 1.54) is 13.2 Å². The molecule has 1 aromatic heterocycles. The molecule has 0 aliphatic rings. The number of aryl methyl sites for hydroxylation is 1. The number of hydrogen-bond acceptors (Lipinski definition) is 3. The summed E-state index contributed by atoms with van der Waals surface area (Å²) in [6.45, 7) is 3.65. The average Bonchev–Trinajstić information content (AvgIpc) is 2.23. The summed E-state index contributed by atoms with van der Waals surface area (Å²) >= 11 is 0. The molecule has 0 unspecified atom stereocenters. The Labute approximate surface area is 89.4 Å². The monoisotopic (exact) mass is 208 g/mol. The maximum Gasteiger partial charge on any atom is 0.339 e. The van der Waals surface area contributed by atoms with Crippen LogP contribution in [0.3, 0.4) is 0 Å². The third-order valence-electron chi connectivity index (χ3n) is 2.11. The van der Waals surface area contributed by atoms with Gasteiger partial charge in [0.05, 0.1) is 13.2 Å². The van der Waals surface area contributed by atoms with Crippen molar-refractivity contribution in [2.24, 2.45) is 0 Å². The largest absolute Gasteiger partial charge is 0.496 e. The van der Waals surface area contributed by atoms with Crippen molar-refractivity contribution in [3.05, 3.63) is 41.0 Å². The molecule has 3 nitrogen and oxygen atoms in total. The lowest BCUT2D eigenvalue weighted by molar-refractivity contribution is 0.390. The van der Waals surface area contributed by atoms with Crippen LogP contribution < -0.4 is 10.4 Å². The molecule has 0 aliphatic carbocycles. The summed E-state index contributed by atoms with van der Waals surface area (Å²) < 4.78 is 10.0. The smallest absolute Gasteiger partial charge is 0.339 e. The SMILES string of the molecule is C=CCCCCc1cc(OC)cc(=O)o1. The second kappa shape index (κ2) is 6.06. The number of unbranched alkanes of at least 4 members (excludes halogenated alkanes) is 2. The summed E-state index contributed by atoms with van der Waals surface area (Å²) in [6, 6.07) is 3.10. The van der Waals surface area contributed by atoms with Gasteiger partial charge in [-0.05, 0) is 19.3 Å². The van der Waals surface area contributed by atoms with Gasteiger partial charge in [0.25, 0.3) is 0 Å². The Morgan fingerprint density at radius 1 is 1.47 bits per heavy atom. The maximum absolute atomic E-state index is 11.1. The molecule has 0 atom stereocenters. The fraction of sp³-hybridized carbons (Fsp3) is 0.417. The molecular formula is C12H16O3. The highest BCUT2D eigenvalue weighted by Gasteiger charge is 2.01. The van der Waals surface area contributed by atoms with Crippen LogP contribution in [0.25, 0.3) is 0 Å². The Bertz CT molecular complexity index is 365. The highest BCUT2D eigenvalue weighted by molar-refractivity contribution is 5.20. The maximum atomic E-state index is 11.1. The van der Waals surface area contributed by atoms with E-state index in [-0.39, 0.29) is 5.63 Å². The second-order valence-corrected chi connectivity index (χ2v) is 3.32. The molecule has 0 bridgehead atoms. The lowest BCUT2D eigenvalue weighted by atomic mass is 10.1. The first-order valence-electron chi connectivity index (χ1n) is 5.05. The van der Waals surface area contributed by atoms with Gasteiger partial charge in [-0.1, -0.05) is 6.08 Å². The van der Waals surface area contributed by atoms with E-state index in [1.807, 2.05) is 6.08 Å². The van der Waals surface area contributed by atoms with Crippen molar-refractivity contribution in [2.75, 3.05) is 7.11 Å². The van der Waals surface area contributed by atoms with Gasteiger partial charge in [0, 0.05) is 12.5 Å². The van der Waals surface area contributed by atoms with E-state index in [2.05, 4.69) is 6.58 Å². The zero-order chi connectivity index (χ0) is 11.1. The number of allylic oxidation sites excluding steroid dienone is 1. The van der Waals surface area contributed by atoms with Gasteiger partial charge >= 0.3 is 5.63 Å². The van der Waals surface area contributed by atoms with E-state index >= 15 is 0 Å². The summed E-state index contributed by atoms with van der Waals surface area (Å²) in [5.74, 6) is 1.24. The molecule has 0 amide bonds. The molecule has 1 aromatic rings. The molecule has 0 fully saturated rings. The predicted molar refractivity (Wildman–Crippen MR) is 59.3 cm³/mol. The van der Waals surface area contributed by atoms with Crippen molar-refractivity contribution in [1.82, 2.24) is 0 Å². The van der Waals surface area contributed by atoms with Gasteiger partial charge in [-0.3, -0.25) is 0 Å². The van der Waals surface area contributed by atoms with Crippen LogP contribution in [0.1, 0.15) is 25.0 Å². The van der Waals surface area contributed by atoms with Crippen molar-refractivity contribution in [2.45, 2.75) is 25.7 Å². The Hall–Kier alpha value is -1.51. The van der Waals surface area contributed by atoms with Gasteiger partial charge in [-0.15, -0.1) is 6.58 Å². The van der Waals surface area contributed by atoms with Crippen LogP contribution in [0.15, 0.2) is 34.0 Å². The van der Waals surface area contributed by atoms with Crippen molar-refractivity contribution < 1.29 is 9.15 Å². The van der Waals surface area contributed by atoms with Crippen LogP contribution >= 0.6 is 0 Å². The van der Waals surface area contributed by atoms with E-state index in [4.69, 9.17) is 9.15 Å². The van der Waals surface area contributed by atoms with Gasteiger partial charge in [0.1, 0.15) is 11.5 Å². The zero-order valence-electron chi connectivity index (χ0n) is 8.99. The van der Waals surface area contributed by atoms with Crippen LogP contribution in [0.4, 0.5) is 0 Å². The van der Waals surface area contributed by atoms with Crippen molar-refractivity contribution >= 4 is 0 Å². The standard InChI is InChI=1S/C12H16O3/c1-3-4-5-6-7-10-8-11(14-2)9-12(13)15-10/h3,8-9H,1,4-7H2,2H3. The summed E-state index contributed by atoms with van der Waals surface area (Å²) in [7, 11) is 1.54. The number of rotatable bonds is 6. The van der Waals surface area contributed by atoms with E-state index < -0.39 is 0 Å². The molecule has 0 aromatic carbocycles. The molecule has 0 saturated heterocycles. The normalized spacial score (nSPS) is 9.93. The molecule has 0 saturated carbocycles. The van der Waals surface area contributed by atoms with Crippen LogP contribution in [-0.2, 0) is 6.42 Å². The van der Waals surface area contributed by atoms with E-state index in [9.17, 15) is 4.79 Å². The first-order valence-corrected chi connectivity index (χ1v) is 5.05. The molecule has 3 heteroatoms. The molecule has 1 heterocycles. The van der Waals surface area contributed by atoms with Gasteiger partial charge < -0.3 is 9.15 Å². The topological polar surface area (TPSA) is 39.4 Å². The Morgan fingerprint density at radius 3 is 2.93 bits per heavy atom. The van der Waals surface area contributed by atoms with Gasteiger partial charge in [-0.2, -0.15) is 0 Å². The summed E-state index contributed by atoms with van der Waals surface area (Å²) in [6.07, 6.45) is 5.70. The average molecular weight is 208 g/mol. The molecule has 82 valence electrons. The third-order valence-corrected chi connectivity index (χ3v) is 2.11. The molecule has 0 N–H and O–H groups in total. The van der Waals surface area contributed by atoms with Crippen molar-refractivity contribution in [1.29, 1.82) is 0 Å². The molecule has 0 radical (unpaired) electrons. The lowest BCUT2D eigenvalue weighted by Crippen LogP contribution is -2.01. The Kier molecular flexibility index (Phi) is 4.68. The van der Waals surface area contributed by atoms with Crippen LogP contribution in [0.2, 0.25) is 0 Å². The summed E-state index contributed by atoms with van der Waals surface area (Å²) in [5.41, 5.74) is -0.354. The highest BCUT2D eigenvalue weighted by Crippen LogP contribution is 2.12. The predicted octanol–water partition coefficient (Wildman–Crippen LogP) is 2.55. The van der Waals surface area contributed by atoms with Gasteiger partial charge in [-0.25, -0.2) is 4.79 Å². The van der Waals surface area contributed by atoms with Gasteiger partial charge in [0.2, 0.25) is 0 Å². The quantitative estimate of drug-likeness (QED) is 0.532. The Balaban J connectivity index is 2.56. The number of hydrogen-bond donors (Lipinski definition) is 0. The van der Waals surface area contributed by atoms with E-state index in [0.29, 0.717) is 11.5 Å². The van der Waals surface area contributed by atoms with Crippen LogP contribution in [0.5, 0.6) is 5.75 Å². The fourth-order valence-corrected chi connectivity index (χ4v) is 1.33. The number of methoxy groups -OCH3 is 1. The summed E-state index contributed by atoms with van der Waals surface area (Å²) in [4.78, 5) is 11.1. The first kappa shape index (κ1) is 11.6. The van der Waals surface area contributed by atoms with Crippen molar-refractivity contribution in [3.8, 4) is 5.75 Å². The van der Waals surface area contributed by atoms with E-state index in [1.54, 1.807) is 6.07 Å². The lowest BCUT2D eigenvalue weighted by Gasteiger charge is -2.02. The van der Waals surface area contributed by atoms with E-state index in [0.717, 1.165) is 25.7 Å². The second-order valence-electron chi connectivity index (χ2n) is 3.32. The molecule has 0 spiro atoms.